The van der Waals surface area contributed by atoms with E-state index < -0.39 is 0 Å². The molecule has 0 aromatic heterocycles. The number of hydrogen-bond donors (Lipinski definition) is 1. The molecule has 1 heterocycles. The molecule has 0 amide bonds. The van der Waals surface area contributed by atoms with Crippen LogP contribution in [-0.4, -0.2) is 13.1 Å². The van der Waals surface area contributed by atoms with Crippen LogP contribution in [0, 0.1) is 11.8 Å². The van der Waals surface area contributed by atoms with Crippen LogP contribution in [0.4, 0.5) is 0 Å². The van der Waals surface area contributed by atoms with Gasteiger partial charge in [-0.3, -0.25) is 0 Å². The largest absolute Gasteiger partial charge is 0.316 e. The zero-order valence-corrected chi connectivity index (χ0v) is 12.2. The molecule has 1 saturated carbocycles. The fourth-order valence-corrected chi connectivity index (χ4v) is 3.61. The molecule has 0 spiro atoms. The third kappa shape index (κ3) is 5.73. The highest BCUT2D eigenvalue weighted by Crippen LogP contribution is 2.35. The zero-order chi connectivity index (χ0) is 12.5. The molecule has 1 saturated heterocycles. The lowest BCUT2D eigenvalue weighted by molar-refractivity contribution is 0.457. The van der Waals surface area contributed by atoms with Crippen molar-refractivity contribution < 1.29 is 0 Å². The highest BCUT2D eigenvalue weighted by molar-refractivity contribution is 4.99. The molecule has 1 nitrogen and oxygen atoms in total. The van der Waals surface area contributed by atoms with Crippen LogP contribution in [0.25, 0.3) is 0 Å². The van der Waals surface area contributed by atoms with E-state index in [9.17, 15) is 0 Å². The van der Waals surface area contributed by atoms with Gasteiger partial charge in [0.05, 0.1) is 0 Å². The summed E-state index contributed by atoms with van der Waals surface area (Å²) in [5, 5.41) is 3.66. The Bertz CT molecular complexity index is 182. The number of nitrogens with one attached hydrogen (secondary N) is 1. The van der Waals surface area contributed by atoms with Crippen LogP contribution in [0.2, 0.25) is 0 Å². The minimum absolute atomic E-state index is 1.04. The van der Waals surface area contributed by atoms with Crippen molar-refractivity contribution in [2.45, 2.75) is 83.5 Å². The van der Waals surface area contributed by atoms with Crippen molar-refractivity contribution in [2.24, 2.45) is 5.92 Å². The summed E-state index contributed by atoms with van der Waals surface area (Å²) in [6.45, 7) is 2.46. The van der Waals surface area contributed by atoms with Crippen molar-refractivity contribution >= 4 is 0 Å². The molecule has 18 heavy (non-hydrogen) atoms. The van der Waals surface area contributed by atoms with E-state index in [4.69, 9.17) is 0 Å². The maximum Gasteiger partial charge on any atom is 0.00137 e. The van der Waals surface area contributed by atoms with Crippen LogP contribution >= 0.6 is 0 Å². The summed E-state index contributed by atoms with van der Waals surface area (Å²) in [5.41, 5.74) is 0. The average Bonchev–Trinajstić information content (AvgIpc) is 2.82. The molecule has 2 fully saturated rings. The van der Waals surface area contributed by atoms with Crippen molar-refractivity contribution in [2.75, 3.05) is 13.1 Å². The van der Waals surface area contributed by atoms with Crippen LogP contribution in [0.15, 0.2) is 0 Å². The minimum Gasteiger partial charge on any atom is -0.316 e. The highest BCUT2D eigenvalue weighted by atomic mass is 14.9. The molecule has 1 heteroatoms. The Balaban J connectivity index is 1.66. The second-order valence-electron chi connectivity index (χ2n) is 6.51. The summed E-state index contributed by atoms with van der Waals surface area (Å²) in [6, 6.07) is 0. The topological polar surface area (TPSA) is 12.0 Å². The van der Waals surface area contributed by atoms with Gasteiger partial charge in [0.15, 0.2) is 0 Å². The second kappa shape index (κ2) is 8.96. The van der Waals surface area contributed by atoms with Gasteiger partial charge in [0.2, 0.25) is 0 Å². The Labute approximate surface area is 114 Å². The number of hydrogen-bond acceptors (Lipinski definition) is 1. The van der Waals surface area contributed by atoms with E-state index in [2.05, 4.69) is 5.32 Å². The van der Waals surface area contributed by atoms with E-state index in [0.29, 0.717) is 0 Å². The van der Waals surface area contributed by atoms with E-state index >= 15 is 0 Å². The van der Waals surface area contributed by atoms with Gasteiger partial charge in [-0.2, -0.15) is 0 Å². The Morgan fingerprint density at radius 2 is 1.39 bits per heavy atom. The summed E-state index contributed by atoms with van der Waals surface area (Å²) < 4.78 is 0. The summed E-state index contributed by atoms with van der Waals surface area (Å²) in [4.78, 5) is 0. The predicted octanol–water partition coefficient (Wildman–Crippen LogP) is 4.87. The molecule has 1 unspecified atom stereocenters. The van der Waals surface area contributed by atoms with Crippen molar-refractivity contribution in [3.05, 3.63) is 5.92 Å². The van der Waals surface area contributed by atoms with Gasteiger partial charge < -0.3 is 5.32 Å². The fourth-order valence-electron chi connectivity index (χ4n) is 3.61. The Hall–Kier alpha value is -0.0400. The van der Waals surface area contributed by atoms with Gasteiger partial charge in [-0.25, -0.2) is 0 Å². The Morgan fingerprint density at radius 3 is 2.17 bits per heavy atom. The molecule has 2 bridgehead atoms. The number of rotatable bonds is 0. The fraction of sp³-hybridized carbons (Fsp3) is 0.941. The SMILES string of the molecule is C1CCCCCNC[C]2CCC(CCCCC1)C2. The molecule has 0 aromatic carbocycles. The lowest BCUT2D eigenvalue weighted by Crippen LogP contribution is -2.21. The summed E-state index contributed by atoms with van der Waals surface area (Å²) in [6.07, 6.45) is 19.0. The molecule has 2 rings (SSSR count). The average molecular weight is 250 g/mol. The molecule has 2 aliphatic rings. The summed E-state index contributed by atoms with van der Waals surface area (Å²) in [7, 11) is 0. The lowest BCUT2D eigenvalue weighted by Gasteiger charge is -2.12. The standard InChI is InChI=1S/C17H32N/c1-2-4-6-8-10-16-11-12-17(14-16)15-18-13-9-7-5-3-1/h16,18H,1-15H2. The molecular weight excluding hydrogens is 218 g/mol. The van der Waals surface area contributed by atoms with Crippen molar-refractivity contribution in [1.82, 2.24) is 5.32 Å². The maximum absolute atomic E-state index is 3.66. The van der Waals surface area contributed by atoms with E-state index in [0.717, 1.165) is 5.92 Å². The first-order valence-corrected chi connectivity index (χ1v) is 8.49. The van der Waals surface area contributed by atoms with Gasteiger partial charge >= 0.3 is 0 Å². The third-order valence-corrected chi connectivity index (χ3v) is 4.82. The predicted molar refractivity (Wildman–Crippen MR) is 79.6 cm³/mol. The lowest BCUT2D eigenvalue weighted by atomic mass is 9.97. The number of fused-ring (bicyclic) bond motifs is 2. The van der Waals surface area contributed by atoms with Crippen molar-refractivity contribution in [3.8, 4) is 0 Å². The van der Waals surface area contributed by atoms with E-state index in [1.807, 2.05) is 5.92 Å². The van der Waals surface area contributed by atoms with Crippen LogP contribution in [0.5, 0.6) is 0 Å². The normalized spacial score (nSPS) is 30.3. The Morgan fingerprint density at radius 1 is 0.722 bits per heavy atom. The molecule has 1 atom stereocenters. The highest BCUT2D eigenvalue weighted by Gasteiger charge is 2.24. The quantitative estimate of drug-likeness (QED) is 0.647. The van der Waals surface area contributed by atoms with Gasteiger partial charge in [-0.05, 0) is 44.1 Å². The smallest absolute Gasteiger partial charge is 0.00137 e. The second-order valence-corrected chi connectivity index (χ2v) is 6.51. The van der Waals surface area contributed by atoms with Crippen LogP contribution < -0.4 is 5.32 Å². The first-order valence-electron chi connectivity index (χ1n) is 8.49. The van der Waals surface area contributed by atoms with Crippen LogP contribution in [0.1, 0.15) is 83.5 Å². The Kier molecular flexibility index (Phi) is 7.15. The van der Waals surface area contributed by atoms with Crippen LogP contribution in [-0.2, 0) is 0 Å². The minimum atomic E-state index is 1.04. The van der Waals surface area contributed by atoms with Gasteiger partial charge in [0.1, 0.15) is 0 Å². The van der Waals surface area contributed by atoms with E-state index in [-0.39, 0.29) is 0 Å². The van der Waals surface area contributed by atoms with Gasteiger partial charge in [-0.1, -0.05) is 57.8 Å². The van der Waals surface area contributed by atoms with Gasteiger partial charge in [0, 0.05) is 6.54 Å². The van der Waals surface area contributed by atoms with Crippen molar-refractivity contribution in [1.29, 1.82) is 0 Å². The molecule has 1 radical (unpaired) electrons. The molecular formula is C17H32N. The van der Waals surface area contributed by atoms with E-state index in [1.165, 1.54) is 96.6 Å². The third-order valence-electron chi connectivity index (χ3n) is 4.82. The first kappa shape index (κ1) is 14.4. The molecule has 105 valence electrons. The molecule has 1 N–H and O–H groups in total. The van der Waals surface area contributed by atoms with Crippen LogP contribution in [0.3, 0.4) is 0 Å². The summed E-state index contributed by atoms with van der Waals surface area (Å²) >= 11 is 0. The van der Waals surface area contributed by atoms with Gasteiger partial charge in [-0.15, -0.1) is 0 Å². The molecule has 1 aliphatic heterocycles. The van der Waals surface area contributed by atoms with Gasteiger partial charge in [0.25, 0.3) is 0 Å². The monoisotopic (exact) mass is 250 g/mol. The van der Waals surface area contributed by atoms with E-state index in [1.54, 1.807) is 0 Å². The molecule has 1 aliphatic carbocycles. The first-order chi connectivity index (χ1) is 8.95. The van der Waals surface area contributed by atoms with Crippen molar-refractivity contribution in [3.63, 3.8) is 0 Å². The molecule has 0 aromatic rings. The summed E-state index contributed by atoms with van der Waals surface area (Å²) in [5.74, 6) is 2.85. The zero-order valence-electron chi connectivity index (χ0n) is 12.2. The maximum atomic E-state index is 3.66.